The largest absolute Gasteiger partial charge is 0.494 e. The number of halogens is 2. The normalized spacial score (nSPS) is 12.5. The van der Waals surface area contributed by atoms with Gasteiger partial charge in [0.15, 0.2) is 11.6 Å². The highest BCUT2D eigenvalue weighted by Gasteiger charge is 2.08. The molecule has 2 nitrogen and oxygen atoms in total. The van der Waals surface area contributed by atoms with Crippen molar-refractivity contribution in [2.75, 3.05) is 13.7 Å². The number of nitrogens with one attached hydrogen (secondary N) is 1. The maximum Gasteiger partial charge on any atom is 0.169 e. The molecular weight excluding hydrogens is 241 g/mol. The summed E-state index contributed by atoms with van der Waals surface area (Å²) in [5.74, 6) is -0.0237. The average molecular weight is 260 g/mol. The van der Waals surface area contributed by atoms with Crippen molar-refractivity contribution in [1.29, 1.82) is 0 Å². The highest BCUT2D eigenvalue weighted by Crippen LogP contribution is 2.19. The highest BCUT2D eigenvalue weighted by atomic mass is 35.5. The second kappa shape index (κ2) is 7.51. The molecule has 0 amide bonds. The average Bonchev–Trinajstić information content (AvgIpc) is 2.32. The van der Waals surface area contributed by atoms with Gasteiger partial charge in [0.25, 0.3) is 0 Å². The molecule has 96 valence electrons. The number of ether oxygens (including phenoxy) is 1. The summed E-state index contributed by atoms with van der Waals surface area (Å²) >= 11 is 6.06. The molecule has 1 unspecified atom stereocenters. The van der Waals surface area contributed by atoms with Gasteiger partial charge >= 0.3 is 0 Å². The lowest BCUT2D eigenvalue weighted by molar-refractivity contribution is 0.383. The predicted octanol–water partition coefficient (Wildman–Crippen LogP) is 3.33. The topological polar surface area (TPSA) is 21.3 Å². The maximum atomic E-state index is 13.7. The van der Waals surface area contributed by atoms with Crippen LogP contribution in [0.3, 0.4) is 0 Å². The van der Waals surface area contributed by atoms with Crippen LogP contribution >= 0.6 is 11.6 Å². The van der Waals surface area contributed by atoms with Crippen LogP contribution < -0.4 is 10.1 Å². The Labute approximate surface area is 107 Å². The molecule has 0 aliphatic rings. The fourth-order valence-electron chi connectivity index (χ4n) is 1.63. The molecule has 1 N–H and O–H groups in total. The van der Waals surface area contributed by atoms with Crippen LogP contribution in [0, 0.1) is 5.82 Å². The van der Waals surface area contributed by atoms with Gasteiger partial charge in [-0.2, -0.15) is 0 Å². The zero-order valence-electron chi connectivity index (χ0n) is 10.3. The lowest BCUT2D eigenvalue weighted by Crippen LogP contribution is -2.23. The van der Waals surface area contributed by atoms with Gasteiger partial charge in [0.05, 0.1) is 7.11 Å². The maximum absolute atomic E-state index is 13.7. The quantitative estimate of drug-likeness (QED) is 0.759. The summed E-state index contributed by atoms with van der Waals surface area (Å²) in [4.78, 5) is 0. The van der Waals surface area contributed by atoms with E-state index < -0.39 is 0 Å². The van der Waals surface area contributed by atoms with E-state index in [1.807, 2.05) is 0 Å². The van der Waals surface area contributed by atoms with E-state index in [4.69, 9.17) is 16.3 Å². The smallest absolute Gasteiger partial charge is 0.169 e. The minimum atomic E-state index is -0.302. The van der Waals surface area contributed by atoms with Crippen LogP contribution in [0.2, 0.25) is 0 Å². The lowest BCUT2D eigenvalue weighted by atomic mass is 10.2. The van der Waals surface area contributed by atoms with Crippen molar-refractivity contribution < 1.29 is 9.13 Å². The van der Waals surface area contributed by atoms with E-state index in [1.165, 1.54) is 7.11 Å². The summed E-state index contributed by atoms with van der Waals surface area (Å²) in [6.45, 7) is 3.25. The molecule has 1 atom stereocenters. The predicted molar refractivity (Wildman–Crippen MR) is 69.2 cm³/mol. The van der Waals surface area contributed by atoms with E-state index in [2.05, 4.69) is 12.2 Å². The molecular formula is C13H19ClFNO. The molecule has 0 aromatic heterocycles. The Morgan fingerprint density at radius 2 is 2.24 bits per heavy atom. The van der Waals surface area contributed by atoms with E-state index >= 15 is 0 Å². The molecule has 1 aromatic rings. The number of hydrogen-bond donors (Lipinski definition) is 1. The van der Waals surface area contributed by atoms with Gasteiger partial charge in [0.1, 0.15) is 0 Å². The second-order valence-electron chi connectivity index (χ2n) is 3.95. The zero-order chi connectivity index (χ0) is 12.7. The fourth-order valence-corrected chi connectivity index (χ4v) is 1.96. The minimum Gasteiger partial charge on any atom is -0.494 e. The van der Waals surface area contributed by atoms with Gasteiger partial charge in [-0.05, 0) is 12.5 Å². The summed E-state index contributed by atoms with van der Waals surface area (Å²) in [5.41, 5.74) is 0.602. The summed E-state index contributed by atoms with van der Waals surface area (Å²) < 4.78 is 18.7. The number of benzene rings is 1. The molecule has 0 fully saturated rings. The van der Waals surface area contributed by atoms with Crippen molar-refractivity contribution in [1.82, 2.24) is 5.32 Å². The van der Waals surface area contributed by atoms with Crippen LogP contribution in [0.15, 0.2) is 18.2 Å². The fraction of sp³-hybridized carbons (Fsp3) is 0.538. The molecule has 17 heavy (non-hydrogen) atoms. The molecule has 0 saturated heterocycles. The molecule has 0 spiro atoms. The Balaban J connectivity index is 2.46. The molecule has 4 heteroatoms. The van der Waals surface area contributed by atoms with Crippen LogP contribution in [0.25, 0.3) is 0 Å². The van der Waals surface area contributed by atoms with Crippen molar-refractivity contribution in [2.45, 2.75) is 31.7 Å². The molecule has 1 rings (SSSR count). The minimum absolute atomic E-state index is 0.105. The first-order chi connectivity index (χ1) is 8.19. The molecule has 1 aromatic carbocycles. The van der Waals surface area contributed by atoms with Crippen molar-refractivity contribution in [3.8, 4) is 5.75 Å². The van der Waals surface area contributed by atoms with Crippen LogP contribution in [-0.4, -0.2) is 19.0 Å². The van der Waals surface area contributed by atoms with Gasteiger partial charge in [-0.1, -0.05) is 25.5 Å². The van der Waals surface area contributed by atoms with Gasteiger partial charge in [0, 0.05) is 24.0 Å². The van der Waals surface area contributed by atoms with E-state index in [-0.39, 0.29) is 16.9 Å². The third-order valence-corrected chi connectivity index (χ3v) is 2.92. The number of rotatable bonds is 7. The van der Waals surface area contributed by atoms with Crippen LogP contribution in [0.5, 0.6) is 5.75 Å². The Morgan fingerprint density at radius 3 is 2.88 bits per heavy atom. The van der Waals surface area contributed by atoms with Gasteiger partial charge in [0.2, 0.25) is 0 Å². The summed E-state index contributed by atoms with van der Waals surface area (Å²) in [7, 11) is 1.46. The second-order valence-corrected chi connectivity index (χ2v) is 4.57. The Kier molecular flexibility index (Phi) is 6.30. The van der Waals surface area contributed by atoms with Crippen molar-refractivity contribution >= 4 is 11.6 Å². The van der Waals surface area contributed by atoms with Crippen LogP contribution in [0.1, 0.15) is 25.3 Å². The molecule has 0 aliphatic carbocycles. The van der Waals surface area contributed by atoms with E-state index in [0.717, 1.165) is 12.8 Å². The Bertz CT molecular complexity index is 346. The van der Waals surface area contributed by atoms with Gasteiger partial charge in [-0.25, -0.2) is 4.39 Å². The van der Waals surface area contributed by atoms with Gasteiger partial charge in [-0.3, -0.25) is 0 Å². The molecule has 0 saturated carbocycles. The molecule has 0 radical (unpaired) electrons. The van der Waals surface area contributed by atoms with E-state index in [9.17, 15) is 4.39 Å². The third kappa shape index (κ3) is 4.52. The summed E-state index contributed by atoms with van der Waals surface area (Å²) in [5, 5.41) is 3.26. The van der Waals surface area contributed by atoms with E-state index in [1.54, 1.807) is 18.2 Å². The van der Waals surface area contributed by atoms with Crippen LogP contribution in [0.4, 0.5) is 4.39 Å². The zero-order valence-corrected chi connectivity index (χ0v) is 11.1. The Hall–Kier alpha value is -0.800. The first kappa shape index (κ1) is 14.3. The highest BCUT2D eigenvalue weighted by molar-refractivity contribution is 6.20. The van der Waals surface area contributed by atoms with Crippen molar-refractivity contribution in [3.63, 3.8) is 0 Å². The molecule has 0 aliphatic heterocycles. The third-order valence-electron chi connectivity index (χ3n) is 2.55. The molecule has 0 bridgehead atoms. The SMILES string of the molecule is CCCC(Cl)CNCc1cccc(OC)c1F. The lowest BCUT2D eigenvalue weighted by Gasteiger charge is -2.11. The summed E-state index contributed by atoms with van der Waals surface area (Å²) in [6.07, 6.45) is 2.03. The van der Waals surface area contributed by atoms with Crippen molar-refractivity contribution in [3.05, 3.63) is 29.6 Å². The molecule has 0 heterocycles. The summed E-state index contributed by atoms with van der Waals surface area (Å²) in [6, 6.07) is 5.14. The Morgan fingerprint density at radius 1 is 1.47 bits per heavy atom. The number of hydrogen-bond acceptors (Lipinski definition) is 2. The van der Waals surface area contributed by atoms with Gasteiger partial charge in [-0.15, -0.1) is 11.6 Å². The first-order valence-electron chi connectivity index (χ1n) is 5.85. The standard InChI is InChI=1S/C13H19ClFNO/c1-3-5-11(14)9-16-8-10-6-4-7-12(17-2)13(10)15/h4,6-7,11,16H,3,5,8-9H2,1-2H3. The van der Waals surface area contributed by atoms with Gasteiger partial charge < -0.3 is 10.1 Å². The van der Waals surface area contributed by atoms with E-state index in [0.29, 0.717) is 18.7 Å². The van der Waals surface area contributed by atoms with Crippen molar-refractivity contribution in [2.24, 2.45) is 0 Å². The first-order valence-corrected chi connectivity index (χ1v) is 6.28. The van der Waals surface area contributed by atoms with Crippen LogP contribution in [-0.2, 0) is 6.54 Å². The monoisotopic (exact) mass is 259 g/mol. The number of methoxy groups -OCH3 is 1. The number of alkyl halides is 1.